The summed E-state index contributed by atoms with van der Waals surface area (Å²) >= 11 is 0.528. The van der Waals surface area contributed by atoms with E-state index in [1.165, 1.54) is 13.8 Å². The van der Waals surface area contributed by atoms with Crippen molar-refractivity contribution in [2.75, 3.05) is 0 Å². The SMILES string of the molecule is CCC(SC(CC)S(=O)(=O)O)S(=O)(=O)O. The third-order valence-electron chi connectivity index (χ3n) is 1.63. The van der Waals surface area contributed by atoms with Crippen molar-refractivity contribution >= 4 is 32.0 Å². The minimum atomic E-state index is -4.29. The first-order chi connectivity index (χ1) is 6.62. The van der Waals surface area contributed by atoms with Crippen LogP contribution < -0.4 is 0 Å². The highest BCUT2D eigenvalue weighted by molar-refractivity contribution is 8.18. The van der Waals surface area contributed by atoms with E-state index in [2.05, 4.69) is 0 Å². The normalized spacial score (nSPS) is 17.3. The molecule has 9 heteroatoms. The lowest BCUT2D eigenvalue weighted by Gasteiger charge is -2.16. The molecule has 0 aromatic heterocycles. The zero-order valence-corrected chi connectivity index (χ0v) is 10.8. The second kappa shape index (κ2) is 5.48. The topological polar surface area (TPSA) is 109 Å². The van der Waals surface area contributed by atoms with E-state index in [1.807, 2.05) is 0 Å². The summed E-state index contributed by atoms with van der Waals surface area (Å²) in [6.07, 6.45) is 0.130. The van der Waals surface area contributed by atoms with Gasteiger partial charge in [-0.2, -0.15) is 16.8 Å². The van der Waals surface area contributed by atoms with Gasteiger partial charge in [0.15, 0.2) is 0 Å². The van der Waals surface area contributed by atoms with E-state index in [4.69, 9.17) is 9.11 Å². The average molecular weight is 278 g/mol. The minimum Gasteiger partial charge on any atom is -0.285 e. The maximum absolute atomic E-state index is 10.8. The van der Waals surface area contributed by atoms with Crippen LogP contribution in [0.2, 0.25) is 0 Å². The monoisotopic (exact) mass is 278 g/mol. The van der Waals surface area contributed by atoms with E-state index >= 15 is 0 Å². The van der Waals surface area contributed by atoms with Crippen molar-refractivity contribution in [1.82, 2.24) is 0 Å². The lowest BCUT2D eigenvalue weighted by atomic mass is 10.6. The lowest BCUT2D eigenvalue weighted by Crippen LogP contribution is -2.24. The molecule has 2 N–H and O–H groups in total. The zero-order chi connectivity index (χ0) is 12.3. The van der Waals surface area contributed by atoms with E-state index in [0.29, 0.717) is 11.8 Å². The summed E-state index contributed by atoms with van der Waals surface area (Å²) in [5, 5.41) is 0. The molecular formula is C6H14O6S3. The van der Waals surface area contributed by atoms with E-state index in [-0.39, 0.29) is 12.8 Å². The van der Waals surface area contributed by atoms with Crippen molar-refractivity contribution in [3.63, 3.8) is 0 Å². The molecule has 0 aliphatic heterocycles. The molecule has 0 radical (unpaired) electrons. The van der Waals surface area contributed by atoms with Gasteiger partial charge in [-0.3, -0.25) is 9.11 Å². The molecule has 0 saturated carbocycles. The minimum absolute atomic E-state index is 0.0650. The molecule has 2 unspecified atom stereocenters. The van der Waals surface area contributed by atoms with Gasteiger partial charge in [-0.1, -0.05) is 13.8 Å². The second-order valence-electron chi connectivity index (χ2n) is 2.84. The highest BCUT2D eigenvalue weighted by Crippen LogP contribution is 2.29. The van der Waals surface area contributed by atoms with Crippen LogP contribution >= 0.6 is 11.8 Å². The second-order valence-corrected chi connectivity index (χ2v) is 8.05. The van der Waals surface area contributed by atoms with Crippen LogP contribution in [0.3, 0.4) is 0 Å². The van der Waals surface area contributed by atoms with E-state index in [1.54, 1.807) is 0 Å². The van der Waals surface area contributed by atoms with Crippen LogP contribution in [0, 0.1) is 0 Å². The predicted octanol–water partition coefficient (Wildman–Crippen LogP) is 0.967. The fourth-order valence-electron chi connectivity index (χ4n) is 0.923. The van der Waals surface area contributed by atoms with Crippen molar-refractivity contribution in [3.05, 3.63) is 0 Å². The smallest absolute Gasteiger partial charge is 0.277 e. The molecular weight excluding hydrogens is 264 g/mol. The van der Waals surface area contributed by atoms with Crippen LogP contribution in [0.5, 0.6) is 0 Å². The Morgan fingerprint density at radius 1 is 0.933 bits per heavy atom. The third kappa shape index (κ3) is 5.16. The summed E-state index contributed by atoms with van der Waals surface area (Å²) in [6.45, 7) is 3.00. The van der Waals surface area contributed by atoms with Crippen molar-refractivity contribution in [2.24, 2.45) is 0 Å². The van der Waals surface area contributed by atoms with Crippen LogP contribution in [-0.2, 0) is 20.2 Å². The van der Waals surface area contributed by atoms with Gasteiger partial charge in [0.25, 0.3) is 20.2 Å². The Morgan fingerprint density at radius 3 is 1.33 bits per heavy atom. The summed E-state index contributed by atoms with van der Waals surface area (Å²) in [7, 11) is -8.59. The maximum Gasteiger partial charge on any atom is 0.277 e. The Bertz CT molecular complexity index is 345. The first-order valence-electron chi connectivity index (χ1n) is 4.21. The fraction of sp³-hybridized carbons (Fsp3) is 1.00. The summed E-state index contributed by atoms with van der Waals surface area (Å²) in [4.78, 5) is 0. The predicted molar refractivity (Wildman–Crippen MR) is 58.8 cm³/mol. The molecule has 92 valence electrons. The van der Waals surface area contributed by atoms with E-state index < -0.39 is 29.4 Å². The third-order valence-corrected chi connectivity index (χ3v) is 7.03. The molecule has 0 saturated heterocycles. The van der Waals surface area contributed by atoms with Gasteiger partial charge in [-0.05, 0) is 12.8 Å². The first kappa shape index (κ1) is 15.2. The van der Waals surface area contributed by atoms with Crippen molar-refractivity contribution in [2.45, 2.75) is 35.9 Å². The van der Waals surface area contributed by atoms with Crippen LogP contribution in [0.4, 0.5) is 0 Å². The Morgan fingerprint density at radius 2 is 1.20 bits per heavy atom. The Balaban J connectivity index is 4.83. The molecule has 0 spiro atoms. The molecule has 0 heterocycles. The standard InChI is InChI=1S/C6H14O6S3/c1-3-5(14(7,8)9)13-6(4-2)15(10,11)12/h5-6H,3-4H2,1-2H3,(H,7,8,9)(H,10,11,12). The number of hydrogen-bond acceptors (Lipinski definition) is 5. The van der Waals surface area contributed by atoms with Crippen LogP contribution in [-0.4, -0.2) is 35.1 Å². The molecule has 0 bridgehead atoms. The molecule has 0 aromatic rings. The fourth-order valence-corrected chi connectivity index (χ4v) is 4.63. The maximum atomic E-state index is 10.8. The van der Waals surface area contributed by atoms with E-state index in [0.717, 1.165) is 0 Å². The molecule has 0 aliphatic carbocycles. The van der Waals surface area contributed by atoms with Crippen LogP contribution in [0.15, 0.2) is 0 Å². The number of rotatable bonds is 6. The summed E-state index contributed by atoms with van der Waals surface area (Å²) in [5.74, 6) is 0. The van der Waals surface area contributed by atoms with Gasteiger partial charge in [0.2, 0.25) is 0 Å². The largest absolute Gasteiger partial charge is 0.285 e. The molecule has 0 rings (SSSR count). The summed E-state index contributed by atoms with van der Waals surface area (Å²) < 4.78 is 58.3. The van der Waals surface area contributed by atoms with Gasteiger partial charge in [0.05, 0.1) is 0 Å². The Hall–Kier alpha value is 0.170. The van der Waals surface area contributed by atoms with E-state index in [9.17, 15) is 16.8 Å². The van der Waals surface area contributed by atoms with Crippen molar-refractivity contribution in [1.29, 1.82) is 0 Å². The first-order valence-corrected chi connectivity index (χ1v) is 8.15. The van der Waals surface area contributed by atoms with Crippen LogP contribution in [0.25, 0.3) is 0 Å². The molecule has 0 amide bonds. The van der Waals surface area contributed by atoms with Gasteiger partial charge in [-0.15, -0.1) is 11.8 Å². The van der Waals surface area contributed by atoms with Gasteiger partial charge in [0, 0.05) is 0 Å². The molecule has 0 fully saturated rings. The van der Waals surface area contributed by atoms with Crippen LogP contribution in [0.1, 0.15) is 26.7 Å². The molecule has 15 heavy (non-hydrogen) atoms. The Kier molecular flexibility index (Phi) is 5.55. The average Bonchev–Trinajstić information content (AvgIpc) is 2.01. The number of thioether (sulfide) groups is 1. The highest BCUT2D eigenvalue weighted by atomic mass is 32.3. The van der Waals surface area contributed by atoms with Crippen molar-refractivity contribution in [3.8, 4) is 0 Å². The molecule has 0 aliphatic rings. The quantitative estimate of drug-likeness (QED) is 0.697. The van der Waals surface area contributed by atoms with Gasteiger partial charge >= 0.3 is 0 Å². The lowest BCUT2D eigenvalue weighted by molar-refractivity contribution is 0.478. The molecule has 6 nitrogen and oxygen atoms in total. The molecule has 2 atom stereocenters. The van der Waals surface area contributed by atoms with Gasteiger partial charge < -0.3 is 0 Å². The molecule has 0 aromatic carbocycles. The highest BCUT2D eigenvalue weighted by Gasteiger charge is 2.31. The summed E-state index contributed by atoms with van der Waals surface area (Å²) in [6, 6.07) is 0. The summed E-state index contributed by atoms with van der Waals surface area (Å²) in [5.41, 5.74) is 0. The van der Waals surface area contributed by atoms with Gasteiger partial charge in [-0.25, -0.2) is 0 Å². The van der Waals surface area contributed by atoms with Gasteiger partial charge in [0.1, 0.15) is 9.16 Å². The zero-order valence-electron chi connectivity index (χ0n) is 8.32. The number of hydrogen-bond donors (Lipinski definition) is 2. The van der Waals surface area contributed by atoms with Crippen molar-refractivity contribution < 1.29 is 25.9 Å². The Labute approximate surface area is 93.9 Å².